The maximum Gasteiger partial charge on any atom is 0.410 e. The summed E-state index contributed by atoms with van der Waals surface area (Å²) in [5.74, 6) is -4.58. The molecule has 4 bridgehead atoms. The van der Waals surface area contributed by atoms with Crippen LogP contribution in [0.5, 0.6) is 11.5 Å². The number of carbonyl (C=O) groups excluding carboxylic acids is 6. The van der Waals surface area contributed by atoms with Crippen LogP contribution in [0.1, 0.15) is 70.2 Å². The zero-order valence-electron chi connectivity index (χ0n) is 56.4. The molecule has 4 aliphatic rings. The summed E-state index contributed by atoms with van der Waals surface area (Å²) in [5, 5.41) is 64.4. The molecule has 1 aromatic heterocycles. The van der Waals surface area contributed by atoms with Crippen molar-refractivity contribution < 1.29 is 106 Å². The summed E-state index contributed by atoms with van der Waals surface area (Å²) in [6.45, 7) is 7.80. The predicted molar refractivity (Wildman–Crippen MR) is 352 cm³/mol. The summed E-state index contributed by atoms with van der Waals surface area (Å²) in [5.41, 5.74) is 3.82. The summed E-state index contributed by atoms with van der Waals surface area (Å²) < 4.78 is 59.7. The van der Waals surface area contributed by atoms with Crippen molar-refractivity contribution in [2.24, 2.45) is 5.92 Å². The Balaban J connectivity index is 0.894. The summed E-state index contributed by atoms with van der Waals surface area (Å²) in [6, 6.07) is 16.2. The van der Waals surface area contributed by atoms with E-state index in [1.807, 2.05) is 56.4 Å². The third-order valence-electron chi connectivity index (χ3n) is 17.8. The minimum atomic E-state index is -2.03. The first-order valence-corrected chi connectivity index (χ1v) is 32.4. The maximum absolute atomic E-state index is 14.5. The monoisotopic (exact) mass is 1390 g/mol. The highest BCUT2D eigenvalue weighted by Gasteiger charge is 2.64. The molecule has 0 radical (unpaired) electrons. The average molecular weight is 1390 g/mol. The molecule has 8 rings (SSSR count). The fourth-order valence-corrected chi connectivity index (χ4v) is 12.1. The number of halogens is 1. The lowest BCUT2D eigenvalue weighted by Gasteiger charge is -2.42. The van der Waals surface area contributed by atoms with Crippen molar-refractivity contribution in [3.05, 3.63) is 106 Å². The molecule has 3 fully saturated rings. The number of alkyl carbamates (subject to hydrolysis) is 1. The zero-order chi connectivity index (χ0) is 71.3. The number of nitrogens with zero attached hydrogens (tertiary/aromatic N) is 4. The van der Waals surface area contributed by atoms with E-state index in [2.05, 4.69) is 32.0 Å². The van der Waals surface area contributed by atoms with Gasteiger partial charge in [-0.05, 0) is 87.2 Å². The van der Waals surface area contributed by atoms with Gasteiger partial charge in [0.1, 0.15) is 71.4 Å². The second-order valence-corrected chi connectivity index (χ2v) is 25.2. The SMILES string of the molecule is CNN(C)Cc1cc2ccccc2n1CCC(=O)NCCOCCOCCC(=O)Nc1cc(COC(=O)N(C)[C@@H](C)C(=O)O[C@H]2CC(=O)N(C)c3cc(cc(OC)c3Cl)C/C(C)=C/C=C/[C@@H](OC)[C@@]3(O)C[C@H](OC(=O)N3)[C@@H](C)[C@@H]3O[C@]23C)ccc1OC1O[C@H](C(=O)O)[C@@H](O)[C@H](O)[C@H]1O. The number of amides is 5. The normalized spacial score (nSPS) is 26.9. The number of aliphatic carboxylic acids is 1. The second-order valence-electron chi connectivity index (χ2n) is 24.8. The molecule has 3 aromatic carbocycles. The first-order chi connectivity index (χ1) is 46.6. The maximum atomic E-state index is 14.5. The Labute approximate surface area is 571 Å². The smallest absolute Gasteiger partial charge is 0.410 e. The molecule has 5 heterocycles. The number of aliphatic hydroxyl groups excluding tert-OH is 3. The number of likely N-dealkylation sites (N-methyl/N-ethyl adjacent to an activating group) is 1. The van der Waals surface area contributed by atoms with Crippen molar-refractivity contribution in [1.29, 1.82) is 0 Å². The molecule has 13 atom stereocenters. The predicted octanol–water partition coefficient (Wildman–Crippen LogP) is 3.68. The van der Waals surface area contributed by atoms with Crippen molar-refractivity contribution >= 4 is 75.7 Å². The van der Waals surface area contributed by atoms with Crippen LogP contribution >= 0.6 is 11.6 Å². The number of para-hydroxylation sites is 1. The molecule has 4 aliphatic heterocycles. The Morgan fingerprint density at radius 3 is 2.38 bits per heavy atom. The van der Waals surface area contributed by atoms with Crippen LogP contribution in [0.25, 0.3) is 10.9 Å². The summed E-state index contributed by atoms with van der Waals surface area (Å²) in [4.78, 5) is 96.4. The topological polar surface area (TPSA) is 379 Å². The molecule has 0 spiro atoms. The van der Waals surface area contributed by atoms with E-state index in [0.29, 0.717) is 19.5 Å². The molecule has 536 valence electrons. The van der Waals surface area contributed by atoms with E-state index in [1.54, 1.807) is 38.1 Å². The largest absolute Gasteiger partial charge is 0.495 e. The number of carbonyl (C=O) groups is 7. The van der Waals surface area contributed by atoms with Crippen LogP contribution in [0, 0.1) is 5.92 Å². The van der Waals surface area contributed by atoms with Crippen molar-refractivity contribution in [1.82, 2.24) is 30.5 Å². The Morgan fingerprint density at radius 1 is 0.929 bits per heavy atom. The number of esters is 1. The number of carboxylic acids is 1. The molecule has 3 saturated heterocycles. The third-order valence-corrected chi connectivity index (χ3v) is 18.2. The van der Waals surface area contributed by atoms with Crippen LogP contribution in [-0.2, 0) is 88.0 Å². The van der Waals surface area contributed by atoms with Gasteiger partial charge in [0.15, 0.2) is 11.8 Å². The minimum absolute atomic E-state index is 0.0898. The van der Waals surface area contributed by atoms with Gasteiger partial charge in [-0.25, -0.2) is 24.2 Å². The van der Waals surface area contributed by atoms with Crippen molar-refractivity contribution in [3.8, 4) is 11.5 Å². The van der Waals surface area contributed by atoms with Gasteiger partial charge < -0.3 is 93.0 Å². The number of aliphatic hydroxyl groups is 4. The Morgan fingerprint density at radius 2 is 1.66 bits per heavy atom. The van der Waals surface area contributed by atoms with Crippen LogP contribution in [0.15, 0.2) is 84.5 Å². The van der Waals surface area contributed by atoms with Gasteiger partial charge in [0, 0.05) is 71.3 Å². The van der Waals surface area contributed by atoms with Crippen LogP contribution in [0.4, 0.5) is 21.0 Å². The van der Waals surface area contributed by atoms with Crippen LogP contribution in [0.3, 0.4) is 0 Å². The number of carboxylic acid groups (broad SMARTS) is 1. The van der Waals surface area contributed by atoms with Crippen molar-refractivity contribution in [3.63, 3.8) is 0 Å². The summed E-state index contributed by atoms with van der Waals surface area (Å²) in [6.07, 6.45) is -11.2. The number of ether oxygens (including phenoxy) is 10. The Bertz CT molecular complexity index is 3570. The van der Waals surface area contributed by atoms with Gasteiger partial charge in [-0.3, -0.25) is 30.0 Å². The van der Waals surface area contributed by atoms with E-state index in [-0.39, 0.29) is 91.6 Å². The third kappa shape index (κ3) is 18.7. The number of rotatable bonds is 26. The van der Waals surface area contributed by atoms with Crippen LogP contribution < -0.4 is 35.7 Å². The fraction of sp³-hybridized carbons (Fsp3) is 0.537. The molecule has 30 nitrogen and oxygen atoms in total. The molecule has 4 aromatic rings. The highest BCUT2D eigenvalue weighted by Crippen LogP contribution is 2.49. The van der Waals surface area contributed by atoms with E-state index in [9.17, 15) is 59.1 Å². The van der Waals surface area contributed by atoms with E-state index in [1.165, 1.54) is 58.3 Å². The van der Waals surface area contributed by atoms with E-state index >= 15 is 0 Å². The van der Waals surface area contributed by atoms with Crippen molar-refractivity contribution in [2.45, 2.75) is 152 Å². The molecule has 0 aliphatic carbocycles. The molecule has 9 N–H and O–H groups in total. The summed E-state index contributed by atoms with van der Waals surface area (Å²) in [7, 11) is 9.37. The number of epoxide rings is 1. The average Bonchev–Trinajstić information content (AvgIpc) is 1.57. The molecule has 98 heavy (non-hydrogen) atoms. The number of aromatic nitrogens is 1. The second kappa shape index (κ2) is 33.7. The fourth-order valence-electron chi connectivity index (χ4n) is 11.8. The van der Waals surface area contributed by atoms with E-state index in [0.717, 1.165) is 32.6 Å². The lowest BCUT2D eigenvalue weighted by molar-refractivity contribution is -0.271. The molecule has 5 amide bonds. The number of fused-ring (bicyclic) bond motifs is 6. The number of methoxy groups -OCH3 is 2. The lowest BCUT2D eigenvalue weighted by atomic mass is 9.83. The molecular weight excluding hydrogens is 1300 g/mol. The van der Waals surface area contributed by atoms with Gasteiger partial charge in [-0.2, -0.15) is 0 Å². The number of hydrazine groups is 1. The zero-order valence-corrected chi connectivity index (χ0v) is 57.1. The quantitative estimate of drug-likeness (QED) is 0.0142. The number of benzene rings is 3. The van der Waals surface area contributed by atoms with Crippen LogP contribution in [0.2, 0.25) is 5.02 Å². The first-order valence-electron chi connectivity index (χ1n) is 32.0. The van der Waals surface area contributed by atoms with Gasteiger partial charge >= 0.3 is 24.1 Å². The number of hydrogen-bond acceptors (Lipinski definition) is 23. The lowest BCUT2D eigenvalue weighted by Crippen LogP contribution is -2.63. The van der Waals surface area contributed by atoms with Gasteiger partial charge in [0.05, 0.1) is 70.4 Å². The molecule has 1 unspecified atom stereocenters. The van der Waals surface area contributed by atoms with Gasteiger partial charge in [-0.15, -0.1) is 0 Å². The minimum Gasteiger partial charge on any atom is -0.495 e. The van der Waals surface area contributed by atoms with Crippen LogP contribution in [-0.4, -0.2) is 230 Å². The van der Waals surface area contributed by atoms with Gasteiger partial charge in [0.2, 0.25) is 24.0 Å². The highest BCUT2D eigenvalue weighted by molar-refractivity contribution is 6.35. The number of aryl methyl sites for hydroxylation is 1. The summed E-state index contributed by atoms with van der Waals surface area (Å²) >= 11 is 6.85. The first kappa shape index (κ1) is 75.8. The number of allylic oxidation sites excluding steroid dienone is 3. The molecule has 31 heteroatoms. The standard InChI is InChI=1S/C67H89ClN8O22/c1-37-14-13-17-50(90-10)67(88)34-49(95-64(86)72-67)38(2)60-66(4,98-60)51(33-54(79)75(8)46-30-41(28-37)31-48(89-9)55(46)68)96-62(85)39(3)74(7)65(87)93-36-40-18-19-47(94-63-58(82)56(80)57(81)59(97-63)61(83)84)44(29-40)71-53(78)21-24-91-26-27-92-25-22-70-52(77)20-23-76-43(35-73(6)69-5)32-42-15-11-12-16-45(42)76/h11-19,29-32,38-39,49-51,56-60,63,69,80-82,88H,20-28,33-36H2,1-10H3,(H,70,77)(H,71,78)(H,72,86)(H,83,84)/b17-13+,37-14+/t38-,39+,49+,50-,51+,56+,57+,58-,59+,60+,63?,66-,67+/m1/s1. The Kier molecular flexibility index (Phi) is 26.1. The van der Waals surface area contributed by atoms with E-state index < -0.39 is 127 Å². The number of anilines is 2. The molecule has 0 saturated carbocycles. The number of nitrogens with one attached hydrogen (secondary N) is 4. The van der Waals surface area contributed by atoms with Crippen molar-refractivity contribution in [2.75, 3.05) is 85.6 Å². The number of hydrogen-bond donors (Lipinski definition) is 9. The van der Waals surface area contributed by atoms with Gasteiger partial charge in [0.25, 0.3) is 0 Å². The van der Waals surface area contributed by atoms with E-state index in [4.69, 9.17) is 59.0 Å². The van der Waals surface area contributed by atoms with Gasteiger partial charge in [-0.1, -0.05) is 66.6 Å². The molecular formula is C67H89ClN8O22. The Hall–Kier alpha value is -7.98. The highest BCUT2D eigenvalue weighted by atomic mass is 35.5.